The number of hydrogen-bond donors (Lipinski definition) is 2. The minimum absolute atomic E-state index is 0.419. The zero-order chi connectivity index (χ0) is 12.1. The van der Waals surface area contributed by atoms with Crippen LogP contribution in [-0.4, -0.2) is 15.2 Å². The molecule has 0 atom stereocenters. The van der Waals surface area contributed by atoms with E-state index in [2.05, 4.69) is 33.5 Å². The van der Waals surface area contributed by atoms with Crippen LogP contribution in [0.2, 0.25) is 0 Å². The molecule has 5 heteroatoms. The lowest BCUT2D eigenvalue weighted by Gasteiger charge is -2.08. The third-order valence-electron chi connectivity index (χ3n) is 2.49. The van der Waals surface area contributed by atoms with Crippen LogP contribution in [-0.2, 0) is 13.0 Å². The summed E-state index contributed by atoms with van der Waals surface area (Å²) < 4.78 is 0. The number of nitrogen functional groups attached to an aromatic ring is 1. The van der Waals surface area contributed by atoms with Crippen molar-refractivity contribution in [1.82, 2.24) is 15.2 Å². The number of nitrogens with one attached hydrogen (secondary N) is 1. The second kappa shape index (κ2) is 5.25. The maximum absolute atomic E-state index is 5.47. The van der Waals surface area contributed by atoms with Crippen LogP contribution in [0, 0.1) is 0 Å². The van der Waals surface area contributed by atoms with E-state index < -0.39 is 0 Å². The van der Waals surface area contributed by atoms with Gasteiger partial charge < -0.3 is 11.1 Å². The smallest absolute Gasteiger partial charge is 0.149 e. The van der Waals surface area contributed by atoms with E-state index in [1.165, 1.54) is 5.56 Å². The van der Waals surface area contributed by atoms with Crippen molar-refractivity contribution in [3.8, 4) is 0 Å². The number of nitrogens with two attached hydrogens (primary N) is 1. The molecule has 0 bridgehead atoms. The first-order chi connectivity index (χ1) is 8.29. The largest absolute Gasteiger partial charge is 0.382 e. The molecule has 17 heavy (non-hydrogen) atoms. The van der Waals surface area contributed by atoms with E-state index >= 15 is 0 Å². The number of nitrogens with zero attached hydrogens (tertiary/aromatic N) is 3. The Hall–Kier alpha value is -2.17. The van der Waals surface area contributed by atoms with Crippen LogP contribution in [0.5, 0.6) is 0 Å². The van der Waals surface area contributed by atoms with Gasteiger partial charge in [0.25, 0.3) is 0 Å². The van der Waals surface area contributed by atoms with Crippen LogP contribution in [0.15, 0.2) is 30.5 Å². The number of anilines is 2. The van der Waals surface area contributed by atoms with Gasteiger partial charge in [0.1, 0.15) is 11.6 Å². The summed E-state index contributed by atoms with van der Waals surface area (Å²) in [6.45, 7) is 2.76. The van der Waals surface area contributed by atoms with Gasteiger partial charge >= 0.3 is 0 Å². The number of aryl methyl sites for hydroxylation is 1. The fraction of sp³-hybridized carbons (Fsp3) is 0.250. The Kier molecular flexibility index (Phi) is 3.49. The van der Waals surface area contributed by atoms with Crippen LogP contribution in [0.4, 0.5) is 11.6 Å². The van der Waals surface area contributed by atoms with Gasteiger partial charge in [-0.2, -0.15) is 0 Å². The predicted molar refractivity (Wildman–Crippen MR) is 67.4 cm³/mol. The number of pyridine rings is 1. The van der Waals surface area contributed by atoms with Crippen molar-refractivity contribution >= 4 is 11.6 Å². The molecule has 88 valence electrons. The summed E-state index contributed by atoms with van der Waals surface area (Å²) >= 11 is 0. The summed E-state index contributed by atoms with van der Waals surface area (Å²) in [6.07, 6.45) is 2.77. The molecule has 2 aromatic rings. The van der Waals surface area contributed by atoms with Crippen LogP contribution in [0.3, 0.4) is 0 Å². The van der Waals surface area contributed by atoms with Crippen LogP contribution < -0.4 is 11.1 Å². The Balaban J connectivity index is 2.04. The molecule has 2 heterocycles. The first-order valence-electron chi connectivity index (χ1n) is 5.55. The van der Waals surface area contributed by atoms with Gasteiger partial charge in [0.2, 0.25) is 0 Å². The molecule has 3 N–H and O–H groups in total. The van der Waals surface area contributed by atoms with Crippen molar-refractivity contribution in [2.75, 3.05) is 11.1 Å². The molecule has 0 unspecified atom stereocenters. The average Bonchev–Trinajstić information content (AvgIpc) is 2.38. The SMILES string of the molecule is CCc1cccnc1CNc1ccc(N)nn1. The summed E-state index contributed by atoms with van der Waals surface area (Å²) in [6, 6.07) is 7.55. The van der Waals surface area contributed by atoms with E-state index in [1.807, 2.05) is 6.07 Å². The van der Waals surface area contributed by atoms with Gasteiger partial charge in [0.15, 0.2) is 0 Å². The molecular weight excluding hydrogens is 214 g/mol. The summed E-state index contributed by atoms with van der Waals surface area (Å²) in [4.78, 5) is 4.35. The highest BCUT2D eigenvalue weighted by atomic mass is 15.2. The van der Waals surface area contributed by atoms with Crippen LogP contribution >= 0.6 is 0 Å². The van der Waals surface area contributed by atoms with Crippen molar-refractivity contribution in [3.63, 3.8) is 0 Å². The maximum atomic E-state index is 5.47. The molecule has 5 nitrogen and oxygen atoms in total. The zero-order valence-electron chi connectivity index (χ0n) is 9.72. The summed E-state index contributed by atoms with van der Waals surface area (Å²) in [7, 11) is 0. The average molecular weight is 229 g/mol. The van der Waals surface area contributed by atoms with E-state index in [9.17, 15) is 0 Å². The van der Waals surface area contributed by atoms with Crippen molar-refractivity contribution in [2.45, 2.75) is 19.9 Å². The van der Waals surface area contributed by atoms with E-state index in [0.29, 0.717) is 18.2 Å². The van der Waals surface area contributed by atoms with Gasteiger partial charge in [-0.3, -0.25) is 4.98 Å². The predicted octanol–water partition coefficient (Wildman–Crippen LogP) is 1.63. The van der Waals surface area contributed by atoms with Gasteiger partial charge in [-0.05, 0) is 30.2 Å². The fourth-order valence-corrected chi connectivity index (χ4v) is 1.56. The van der Waals surface area contributed by atoms with E-state index in [4.69, 9.17) is 5.73 Å². The molecule has 0 aromatic carbocycles. The van der Waals surface area contributed by atoms with Gasteiger partial charge in [-0.25, -0.2) is 0 Å². The van der Waals surface area contributed by atoms with Crippen molar-refractivity contribution in [3.05, 3.63) is 41.7 Å². The molecule has 0 radical (unpaired) electrons. The van der Waals surface area contributed by atoms with Crippen molar-refractivity contribution in [2.24, 2.45) is 0 Å². The standard InChI is InChI=1S/C12H15N5/c1-2-9-4-3-7-14-10(9)8-15-12-6-5-11(13)16-17-12/h3-7H,2,8H2,1H3,(H2,13,16)(H,15,17). The summed E-state index contributed by atoms with van der Waals surface area (Å²) in [5.74, 6) is 1.12. The second-order valence-electron chi connectivity index (χ2n) is 3.66. The third kappa shape index (κ3) is 2.90. The summed E-state index contributed by atoms with van der Waals surface area (Å²) in [5.41, 5.74) is 7.74. The van der Waals surface area contributed by atoms with Gasteiger partial charge in [-0.15, -0.1) is 10.2 Å². The molecule has 0 aliphatic rings. The van der Waals surface area contributed by atoms with E-state index in [0.717, 1.165) is 12.1 Å². The zero-order valence-corrected chi connectivity index (χ0v) is 9.72. The topological polar surface area (TPSA) is 76.7 Å². The van der Waals surface area contributed by atoms with Crippen LogP contribution in [0.1, 0.15) is 18.2 Å². The van der Waals surface area contributed by atoms with Crippen molar-refractivity contribution in [1.29, 1.82) is 0 Å². The monoisotopic (exact) mass is 229 g/mol. The highest BCUT2D eigenvalue weighted by Gasteiger charge is 2.01. The van der Waals surface area contributed by atoms with Gasteiger partial charge in [-0.1, -0.05) is 13.0 Å². The lowest BCUT2D eigenvalue weighted by Crippen LogP contribution is -2.07. The Bertz CT molecular complexity index is 481. The third-order valence-corrected chi connectivity index (χ3v) is 2.49. The van der Waals surface area contributed by atoms with Crippen molar-refractivity contribution < 1.29 is 0 Å². The van der Waals surface area contributed by atoms with E-state index in [-0.39, 0.29) is 0 Å². The Morgan fingerprint density at radius 2 is 2.12 bits per heavy atom. The number of rotatable bonds is 4. The molecule has 2 aromatic heterocycles. The Morgan fingerprint density at radius 3 is 2.82 bits per heavy atom. The minimum atomic E-state index is 0.419. The molecule has 0 aliphatic heterocycles. The molecular formula is C12H15N5. The molecule has 0 saturated heterocycles. The molecule has 0 saturated carbocycles. The Labute approximate surface area is 100 Å². The lowest BCUT2D eigenvalue weighted by molar-refractivity contribution is 0.947. The highest BCUT2D eigenvalue weighted by molar-refractivity contribution is 5.39. The Morgan fingerprint density at radius 1 is 1.24 bits per heavy atom. The molecule has 0 amide bonds. The van der Waals surface area contributed by atoms with E-state index in [1.54, 1.807) is 18.3 Å². The first kappa shape index (κ1) is 11.3. The normalized spacial score (nSPS) is 10.2. The fourth-order valence-electron chi connectivity index (χ4n) is 1.56. The quantitative estimate of drug-likeness (QED) is 0.833. The van der Waals surface area contributed by atoms with Gasteiger partial charge in [0.05, 0.1) is 12.2 Å². The second-order valence-corrected chi connectivity index (χ2v) is 3.66. The van der Waals surface area contributed by atoms with Gasteiger partial charge in [0, 0.05) is 6.20 Å². The maximum Gasteiger partial charge on any atom is 0.149 e. The summed E-state index contributed by atoms with van der Waals surface area (Å²) in [5, 5.41) is 10.9. The highest BCUT2D eigenvalue weighted by Crippen LogP contribution is 2.09. The first-order valence-corrected chi connectivity index (χ1v) is 5.55. The molecule has 0 fully saturated rings. The number of hydrogen-bond acceptors (Lipinski definition) is 5. The molecule has 2 rings (SSSR count). The minimum Gasteiger partial charge on any atom is -0.382 e. The molecule has 0 aliphatic carbocycles. The van der Waals surface area contributed by atoms with Crippen LogP contribution in [0.25, 0.3) is 0 Å². The lowest BCUT2D eigenvalue weighted by atomic mass is 10.1. The number of aromatic nitrogens is 3. The molecule has 0 spiro atoms.